The molecular weight excluding hydrogens is 1020 g/mol. The van der Waals surface area contributed by atoms with Gasteiger partial charge in [0.1, 0.15) is 22.4 Å². The number of nitrogens with zero attached hydrogens (tertiary/aromatic N) is 17. The van der Waals surface area contributed by atoms with Crippen molar-refractivity contribution in [3.8, 4) is 22.5 Å². The Morgan fingerprint density at radius 3 is 1.35 bits per heavy atom. The van der Waals surface area contributed by atoms with Gasteiger partial charge in [-0.25, -0.2) is 56.7 Å². The summed E-state index contributed by atoms with van der Waals surface area (Å²) in [6.07, 6.45) is 14.5. The number of fused-ring (bicyclic) bond motifs is 2. The van der Waals surface area contributed by atoms with Crippen molar-refractivity contribution >= 4 is 88.3 Å². The first kappa shape index (κ1) is 54.5. The molecule has 10 rings (SSSR count). The molecule has 0 radical (unpaired) electrons. The van der Waals surface area contributed by atoms with E-state index in [4.69, 9.17) is 40.9 Å². The number of rotatable bonds is 13. The zero-order valence-corrected chi connectivity index (χ0v) is 43.5. The summed E-state index contributed by atoms with van der Waals surface area (Å²) in [4.78, 5) is 54.3. The first-order valence-electron chi connectivity index (χ1n) is 23.4. The van der Waals surface area contributed by atoms with E-state index < -0.39 is 19.1 Å². The lowest BCUT2D eigenvalue weighted by Crippen LogP contribution is -2.48. The fourth-order valence-corrected chi connectivity index (χ4v) is 9.30. The first-order valence-corrected chi connectivity index (χ1v) is 28.0. The second-order valence-electron chi connectivity index (χ2n) is 17.3. The average Bonchev–Trinajstić information content (AvgIpc) is 3.98. The van der Waals surface area contributed by atoms with Gasteiger partial charge < -0.3 is 55.0 Å². The van der Waals surface area contributed by atoms with E-state index in [-0.39, 0.29) is 24.3 Å². The molecule has 0 saturated carbocycles. The molecule has 26 nitrogen and oxygen atoms in total. The molecule has 0 spiro atoms. The van der Waals surface area contributed by atoms with Gasteiger partial charge in [0, 0.05) is 138 Å². The van der Waals surface area contributed by atoms with Gasteiger partial charge in [-0.05, 0) is 25.9 Å². The summed E-state index contributed by atoms with van der Waals surface area (Å²) in [6, 6.07) is 0. The van der Waals surface area contributed by atoms with Gasteiger partial charge in [-0.1, -0.05) is 0 Å². The van der Waals surface area contributed by atoms with Crippen molar-refractivity contribution in [3.05, 3.63) is 37.4 Å². The molecule has 0 unspecified atom stereocenters. The summed E-state index contributed by atoms with van der Waals surface area (Å²) in [5.41, 5.74) is 17.3. The Bertz CT molecular complexity index is 2900. The summed E-state index contributed by atoms with van der Waals surface area (Å²) in [7, 11) is -1.81. The van der Waals surface area contributed by atoms with E-state index in [1.807, 2.05) is 6.33 Å². The van der Waals surface area contributed by atoms with E-state index in [0.29, 0.717) is 62.6 Å². The number of piperazine rings is 2. The van der Waals surface area contributed by atoms with Gasteiger partial charge in [-0.3, -0.25) is 0 Å². The normalized spacial score (nSPS) is 17.5. The standard InChI is InChI=1S/C21H30N10O3S.C20H28N10O.CH3ClO2S.ClH/c1-35(32,33)31-7-5-28(6-8-31)3-2-4-30-15-25-18-17(16-13-23-20(22)24-14-16)26-21(27-19(18)30)29-9-11-34-12-10-29;21-19-23-12-15(13-24-19)16-17-18(27-20(26-16)29-8-10-31-11-9-29)30(14-25-17)5-1-4-28-6-2-22-3-7-28;1-5(2,3)4;/h13-15H,2-12H2,1H3,(H2,22,23,24);12-14,22H,1-11H2,(H2,21,23,24);1H3;1H. The van der Waals surface area contributed by atoms with E-state index in [2.05, 4.69) is 74.6 Å². The number of aromatic nitrogens is 12. The zero-order valence-electron chi connectivity index (χ0n) is 40.3. The number of sulfonamides is 1. The number of ether oxygens (including phenoxy) is 2. The lowest BCUT2D eigenvalue weighted by Gasteiger charge is -2.33. The van der Waals surface area contributed by atoms with Gasteiger partial charge in [0.25, 0.3) is 0 Å². The van der Waals surface area contributed by atoms with Crippen molar-refractivity contribution < 1.29 is 26.3 Å². The first-order chi connectivity index (χ1) is 34.2. The Morgan fingerprint density at radius 2 is 0.958 bits per heavy atom. The van der Waals surface area contributed by atoms with Crippen molar-refractivity contribution in [2.24, 2.45) is 0 Å². The summed E-state index contributed by atoms with van der Waals surface area (Å²) in [6.45, 7) is 16.0. The third-order valence-electron chi connectivity index (χ3n) is 12.1. The zero-order chi connectivity index (χ0) is 50.0. The Labute approximate surface area is 428 Å². The van der Waals surface area contributed by atoms with Gasteiger partial charge in [0.2, 0.25) is 42.9 Å². The molecule has 4 fully saturated rings. The van der Waals surface area contributed by atoms with Crippen LogP contribution in [0.3, 0.4) is 0 Å². The van der Waals surface area contributed by atoms with Gasteiger partial charge in [-0.2, -0.15) is 14.3 Å². The molecule has 0 aliphatic carbocycles. The van der Waals surface area contributed by atoms with Crippen molar-refractivity contribution in [2.45, 2.75) is 25.9 Å². The number of nitrogens with two attached hydrogens (primary N) is 2. The van der Waals surface area contributed by atoms with E-state index in [9.17, 15) is 16.8 Å². The Balaban J connectivity index is 0.000000192. The minimum Gasteiger partial charge on any atom is -0.378 e. The number of hydrogen-bond donors (Lipinski definition) is 3. The molecule has 72 heavy (non-hydrogen) atoms. The SMILES string of the molecule is CS(=O)(=O)Cl.CS(=O)(=O)N1CCN(CCCn2cnc3c(-c4cnc(N)nc4)nc(N4CCOCC4)nc32)CC1.Cl.Nc1ncc(-c2nc(N3CCOCC3)nc3c2ncn3CCCN2CCNCC2)cn1. The monoisotopic (exact) mass is 1080 g/mol. The molecular formula is C42H62Cl2N20O6S2. The summed E-state index contributed by atoms with van der Waals surface area (Å²) >= 11 is 0. The van der Waals surface area contributed by atoms with Crippen molar-refractivity contribution in [3.63, 3.8) is 0 Å². The molecule has 6 aromatic heterocycles. The van der Waals surface area contributed by atoms with E-state index >= 15 is 0 Å². The van der Waals surface area contributed by atoms with Gasteiger partial charge in [0.05, 0.1) is 51.6 Å². The highest BCUT2D eigenvalue weighted by molar-refractivity contribution is 8.13. The second-order valence-corrected chi connectivity index (χ2v) is 22.3. The van der Waals surface area contributed by atoms with Crippen molar-refractivity contribution in [2.75, 3.05) is 152 Å². The van der Waals surface area contributed by atoms with Crippen LogP contribution in [0.15, 0.2) is 37.4 Å². The Morgan fingerprint density at radius 1 is 0.569 bits per heavy atom. The van der Waals surface area contributed by atoms with Crippen LogP contribution in [0.2, 0.25) is 0 Å². The number of nitrogens with one attached hydrogen (secondary N) is 1. The lowest BCUT2D eigenvalue weighted by molar-refractivity contribution is 0.122. The largest absolute Gasteiger partial charge is 0.378 e. The van der Waals surface area contributed by atoms with Crippen molar-refractivity contribution in [1.29, 1.82) is 0 Å². The highest BCUT2D eigenvalue weighted by Crippen LogP contribution is 2.29. The molecule has 4 aliphatic heterocycles. The molecule has 4 saturated heterocycles. The van der Waals surface area contributed by atoms with Crippen molar-refractivity contribution in [1.82, 2.24) is 78.4 Å². The van der Waals surface area contributed by atoms with Gasteiger partial charge in [-0.15, -0.1) is 12.4 Å². The average molecular weight is 1080 g/mol. The number of anilines is 4. The molecule has 10 heterocycles. The molecule has 392 valence electrons. The van der Waals surface area contributed by atoms with Crippen LogP contribution in [0.25, 0.3) is 44.8 Å². The van der Waals surface area contributed by atoms with E-state index in [1.165, 1.54) is 6.26 Å². The number of halogens is 2. The lowest BCUT2D eigenvalue weighted by atomic mass is 10.2. The fourth-order valence-electron chi connectivity index (χ4n) is 8.47. The number of nitrogen functional groups attached to an aromatic ring is 2. The van der Waals surface area contributed by atoms with Crippen LogP contribution in [0.4, 0.5) is 23.8 Å². The van der Waals surface area contributed by atoms with Gasteiger partial charge in [0.15, 0.2) is 11.3 Å². The summed E-state index contributed by atoms with van der Waals surface area (Å²) in [5, 5.41) is 3.40. The molecule has 0 aromatic carbocycles. The van der Waals surface area contributed by atoms with E-state index in [0.717, 1.165) is 144 Å². The topological polar surface area (TPSA) is 306 Å². The molecule has 4 aliphatic rings. The molecule has 30 heteroatoms. The number of aryl methyl sites for hydroxylation is 2. The van der Waals surface area contributed by atoms with Gasteiger partial charge >= 0.3 is 0 Å². The van der Waals surface area contributed by atoms with Crippen LogP contribution < -0.4 is 26.6 Å². The molecule has 0 atom stereocenters. The second kappa shape index (κ2) is 25.1. The maximum absolute atomic E-state index is 11.7. The van der Waals surface area contributed by atoms with Crippen LogP contribution in [0.5, 0.6) is 0 Å². The van der Waals surface area contributed by atoms with Crippen LogP contribution in [0, 0.1) is 0 Å². The maximum Gasteiger partial charge on any atom is 0.229 e. The fraction of sp³-hybridized carbons (Fsp3) is 0.571. The third-order valence-corrected chi connectivity index (χ3v) is 13.4. The number of morpholine rings is 2. The van der Waals surface area contributed by atoms with Crippen LogP contribution >= 0.6 is 23.1 Å². The molecule has 0 amide bonds. The Hall–Kier alpha value is -5.30. The molecule has 0 bridgehead atoms. The van der Waals surface area contributed by atoms with E-state index in [1.54, 1.807) is 35.4 Å². The predicted octanol–water partition coefficient (Wildman–Crippen LogP) is 0.273. The highest BCUT2D eigenvalue weighted by atomic mass is 35.7. The Kier molecular flexibility index (Phi) is 19.0. The van der Waals surface area contributed by atoms with Crippen LogP contribution in [-0.4, -0.2) is 220 Å². The molecule has 5 N–H and O–H groups in total. The quantitative estimate of drug-likeness (QED) is 0.131. The minimum absolute atomic E-state index is 0. The predicted molar refractivity (Wildman–Crippen MR) is 277 cm³/mol. The summed E-state index contributed by atoms with van der Waals surface area (Å²) < 4.78 is 59.0. The smallest absolute Gasteiger partial charge is 0.229 e. The third kappa shape index (κ3) is 14.9. The maximum atomic E-state index is 11.7. The van der Waals surface area contributed by atoms with Crippen LogP contribution in [-0.2, 0) is 41.6 Å². The summed E-state index contributed by atoms with van der Waals surface area (Å²) in [5.74, 6) is 1.76. The minimum atomic E-state index is -3.19. The highest BCUT2D eigenvalue weighted by Gasteiger charge is 2.25. The molecule has 6 aromatic rings. The number of imidazole rings is 2. The number of hydrogen-bond acceptors (Lipinski definition) is 23. The van der Waals surface area contributed by atoms with Crippen LogP contribution in [0.1, 0.15) is 12.8 Å².